The van der Waals surface area contributed by atoms with E-state index >= 15 is 0 Å². The van der Waals surface area contributed by atoms with Crippen molar-refractivity contribution in [1.82, 2.24) is 9.21 Å². The average Bonchev–Trinajstić information content (AvgIpc) is 2.53. The molecule has 22 heavy (non-hydrogen) atoms. The fourth-order valence-electron chi connectivity index (χ4n) is 2.61. The Morgan fingerprint density at radius 3 is 2.59 bits per heavy atom. The van der Waals surface area contributed by atoms with Crippen LogP contribution in [0.3, 0.4) is 0 Å². The van der Waals surface area contributed by atoms with E-state index in [9.17, 15) is 8.42 Å². The van der Waals surface area contributed by atoms with Crippen molar-refractivity contribution in [3.63, 3.8) is 0 Å². The lowest BCUT2D eigenvalue weighted by Crippen LogP contribution is -2.38. The van der Waals surface area contributed by atoms with Gasteiger partial charge in [-0.05, 0) is 44.1 Å². The third-order valence-corrected chi connectivity index (χ3v) is 6.11. The molecule has 7 heteroatoms. The summed E-state index contributed by atoms with van der Waals surface area (Å²) in [4.78, 5) is 2.42. The molecule has 1 saturated heterocycles. The number of benzene rings is 1. The number of piperidine rings is 1. The number of ether oxygens (including phenoxy) is 1. The highest BCUT2D eigenvalue weighted by Crippen LogP contribution is 2.29. The van der Waals surface area contributed by atoms with Crippen LogP contribution in [0.4, 0.5) is 0 Å². The molecule has 0 aromatic heterocycles. The van der Waals surface area contributed by atoms with Gasteiger partial charge >= 0.3 is 0 Å². The summed E-state index contributed by atoms with van der Waals surface area (Å²) in [5.41, 5.74) is 0. The van der Waals surface area contributed by atoms with Gasteiger partial charge in [0.05, 0.1) is 7.11 Å². The Morgan fingerprint density at radius 2 is 1.95 bits per heavy atom. The third-order valence-electron chi connectivity index (χ3n) is 3.99. The minimum Gasteiger partial charge on any atom is -0.495 e. The summed E-state index contributed by atoms with van der Waals surface area (Å²) in [5.74, 6) is 0.314. The number of methoxy groups -OCH3 is 1. The number of nitrogens with zero attached hydrogens (tertiary/aromatic N) is 2. The first-order chi connectivity index (χ1) is 10.4. The Kier molecular flexibility index (Phi) is 6.09. The number of halogens is 1. The first kappa shape index (κ1) is 17.5. The maximum atomic E-state index is 12.7. The Hall–Kier alpha value is -0.820. The van der Waals surface area contributed by atoms with Gasteiger partial charge in [-0.2, -0.15) is 4.31 Å². The van der Waals surface area contributed by atoms with Gasteiger partial charge in [0.2, 0.25) is 10.0 Å². The minimum atomic E-state index is -3.61. The van der Waals surface area contributed by atoms with E-state index < -0.39 is 10.0 Å². The van der Waals surface area contributed by atoms with Crippen LogP contribution in [0.1, 0.15) is 19.3 Å². The van der Waals surface area contributed by atoms with Crippen LogP contribution in [-0.4, -0.2) is 58.0 Å². The van der Waals surface area contributed by atoms with Crippen LogP contribution >= 0.6 is 11.6 Å². The lowest BCUT2D eigenvalue weighted by atomic mass is 10.1. The van der Waals surface area contributed by atoms with Crippen LogP contribution in [0, 0.1) is 0 Å². The monoisotopic (exact) mass is 346 g/mol. The van der Waals surface area contributed by atoms with E-state index in [4.69, 9.17) is 16.3 Å². The molecule has 0 spiro atoms. The Labute approximate surface area is 137 Å². The molecule has 1 fully saturated rings. The maximum absolute atomic E-state index is 12.7. The van der Waals surface area contributed by atoms with Gasteiger partial charge in [0.15, 0.2) is 0 Å². The summed E-state index contributed by atoms with van der Waals surface area (Å²) in [6, 6.07) is 4.63. The minimum absolute atomic E-state index is 0.114. The number of likely N-dealkylation sites (N-methyl/N-ethyl adjacent to an activating group) is 1. The highest BCUT2D eigenvalue weighted by molar-refractivity contribution is 7.89. The van der Waals surface area contributed by atoms with Gasteiger partial charge in [0.25, 0.3) is 0 Å². The molecule has 124 valence electrons. The smallest absolute Gasteiger partial charge is 0.246 e. The van der Waals surface area contributed by atoms with Gasteiger partial charge in [-0.3, -0.25) is 0 Å². The lowest BCUT2D eigenvalue weighted by Gasteiger charge is -2.28. The van der Waals surface area contributed by atoms with Crippen molar-refractivity contribution in [3.05, 3.63) is 23.2 Å². The second kappa shape index (κ2) is 7.64. The van der Waals surface area contributed by atoms with Gasteiger partial charge < -0.3 is 9.64 Å². The molecule has 5 nitrogen and oxygen atoms in total. The SMILES string of the molecule is COc1ccc(Cl)cc1S(=O)(=O)N(C)CCN1CCCCC1. The third kappa shape index (κ3) is 4.13. The molecule has 0 amide bonds. The summed E-state index contributed by atoms with van der Waals surface area (Å²) in [7, 11) is -0.557. The number of hydrogen-bond donors (Lipinski definition) is 0. The number of rotatable bonds is 6. The van der Waals surface area contributed by atoms with Crippen molar-refractivity contribution < 1.29 is 13.2 Å². The standard InChI is InChI=1S/C15H23ClN2O3S/c1-17(10-11-18-8-4-3-5-9-18)22(19,20)15-12-13(16)6-7-14(15)21-2/h6-7,12H,3-5,8-11H2,1-2H3. The summed E-state index contributed by atoms with van der Waals surface area (Å²) in [6.45, 7) is 3.30. The largest absolute Gasteiger partial charge is 0.495 e. The normalized spacial score (nSPS) is 16.9. The van der Waals surface area contributed by atoms with Crippen molar-refractivity contribution in [1.29, 1.82) is 0 Å². The second-order valence-corrected chi connectivity index (χ2v) is 7.97. The molecule has 2 rings (SSSR count). The van der Waals surface area contributed by atoms with E-state index in [-0.39, 0.29) is 4.90 Å². The van der Waals surface area contributed by atoms with E-state index in [1.165, 1.54) is 36.7 Å². The predicted octanol–water partition coefficient (Wildman–Crippen LogP) is 2.46. The molecule has 0 unspecified atom stereocenters. The van der Waals surface area contributed by atoms with Crippen LogP contribution < -0.4 is 4.74 Å². The van der Waals surface area contributed by atoms with E-state index in [0.29, 0.717) is 17.3 Å². The van der Waals surface area contributed by atoms with Crippen LogP contribution in [0.25, 0.3) is 0 Å². The molecule has 0 bridgehead atoms. The molecule has 1 aliphatic rings. The van der Waals surface area contributed by atoms with Crippen molar-refractivity contribution in [2.75, 3.05) is 40.3 Å². The van der Waals surface area contributed by atoms with Crippen molar-refractivity contribution >= 4 is 21.6 Å². The zero-order valence-corrected chi connectivity index (χ0v) is 14.7. The Balaban J connectivity index is 2.10. The predicted molar refractivity (Wildman–Crippen MR) is 88.1 cm³/mol. The van der Waals surface area contributed by atoms with E-state index in [1.807, 2.05) is 0 Å². The molecule has 1 aliphatic heterocycles. The van der Waals surface area contributed by atoms with Gasteiger partial charge in [-0.15, -0.1) is 0 Å². The zero-order valence-electron chi connectivity index (χ0n) is 13.1. The molecule has 1 heterocycles. The number of likely N-dealkylation sites (tertiary alicyclic amines) is 1. The molecule has 1 aromatic rings. The highest BCUT2D eigenvalue weighted by atomic mass is 35.5. The topological polar surface area (TPSA) is 49.9 Å². The summed E-state index contributed by atoms with van der Waals surface area (Å²) < 4.78 is 31.9. The van der Waals surface area contributed by atoms with E-state index in [2.05, 4.69) is 4.90 Å². The summed E-state index contributed by atoms with van der Waals surface area (Å²) >= 11 is 5.94. The highest BCUT2D eigenvalue weighted by Gasteiger charge is 2.25. The second-order valence-electron chi connectivity index (χ2n) is 5.52. The van der Waals surface area contributed by atoms with Crippen LogP contribution in [-0.2, 0) is 10.0 Å². The zero-order chi connectivity index (χ0) is 16.2. The van der Waals surface area contributed by atoms with Crippen LogP contribution in [0.2, 0.25) is 5.02 Å². The lowest BCUT2D eigenvalue weighted by molar-refractivity contribution is 0.218. The van der Waals surface area contributed by atoms with Crippen LogP contribution in [0.15, 0.2) is 23.1 Å². The molecule has 0 aliphatic carbocycles. The quantitative estimate of drug-likeness (QED) is 0.794. The van der Waals surface area contributed by atoms with Gasteiger partial charge in [-0.25, -0.2) is 8.42 Å². The summed E-state index contributed by atoms with van der Waals surface area (Å²) in [5, 5.41) is 0.379. The van der Waals surface area contributed by atoms with E-state index in [0.717, 1.165) is 19.6 Å². The molecule has 1 aromatic carbocycles. The van der Waals surface area contributed by atoms with Crippen LogP contribution in [0.5, 0.6) is 5.75 Å². The van der Waals surface area contributed by atoms with Gasteiger partial charge in [-0.1, -0.05) is 18.0 Å². The van der Waals surface area contributed by atoms with Gasteiger partial charge in [0.1, 0.15) is 10.6 Å². The first-order valence-corrected chi connectivity index (χ1v) is 9.29. The van der Waals surface area contributed by atoms with Crippen molar-refractivity contribution in [3.8, 4) is 5.75 Å². The molecule has 0 saturated carbocycles. The molecule has 0 N–H and O–H groups in total. The Morgan fingerprint density at radius 1 is 1.27 bits per heavy atom. The average molecular weight is 347 g/mol. The maximum Gasteiger partial charge on any atom is 0.246 e. The first-order valence-electron chi connectivity index (χ1n) is 7.47. The number of hydrogen-bond acceptors (Lipinski definition) is 4. The fraction of sp³-hybridized carbons (Fsp3) is 0.600. The Bertz CT molecular complexity index is 601. The van der Waals surface area contributed by atoms with E-state index in [1.54, 1.807) is 19.2 Å². The molecule has 0 atom stereocenters. The summed E-state index contributed by atoms with van der Waals surface area (Å²) in [6.07, 6.45) is 3.65. The van der Waals surface area contributed by atoms with Gasteiger partial charge in [0, 0.05) is 25.2 Å². The molecular formula is C15H23ClN2O3S. The fourth-order valence-corrected chi connectivity index (χ4v) is 4.18. The molecular weight excluding hydrogens is 324 g/mol. The number of sulfonamides is 1. The molecule has 0 radical (unpaired) electrons. The van der Waals surface area contributed by atoms with Crippen molar-refractivity contribution in [2.45, 2.75) is 24.2 Å². The van der Waals surface area contributed by atoms with Crippen molar-refractivity contribution in [2.24, 2.45) is 0 Å².